The van der Waals surface area contributed by atoms with E-state index in [0.29, 0.717) is 11.3 Å². The summed E-state index contributed by atoms with van der Waals surface area (Å²) in [4.78, 5) is 0. The number of rotatable bonds is 1. The number of aryl methyl sites for hydroxylation is 2. The van der Waals surface area contributed by atoms with Crippen LogP contribution < -0.4 is 0 Å². The molecule has 1 unspecified atom stereocenters. The van der Waals surface area contributed by atoms with E-state index in [9.17, 15) is 0 Å². The smallest absolute Gasteiger partial charge is 0.171 e. The fourth-order valence-electron chi connectivity index (χ4n) is 9.92. The molecule has 3 aromatic rings. The van der Waals surface area contributed by atoms with Crippen LogP contribution in [0.5, 0.6) is 0 Å². The molecular formula is C49H64Zr-4. The summed E-state index contributed by atoms with van der Waals surface area (Å²) in [6.45, 7) is 28.1. The van der Waals surface area contributed by atoms with E-state index in [1.807, 2.05) is 30.3 Å². The molecule has 0 N–H and O–H groups in total. The summed E-state index contributed by atoms with van der Waals surface area (Å²) < 4.78 is 3.34. The van der Waals surface area contributed by atoms with Crippen LogP contribution in [0.4, 0.5) is 0 Å². The minimum absolute atomic E-state index is 0.163. The van der Waals surface area contributed by atoms with Crippen molar-refractivity contribution in [2.45, 2.75) is 126 Å². The van der Waals surface area contributed by atoms with Gasteiger partial charge in [0, 0.05) is 0 Å². The Bertz CT molecular complexity index is 1510. The number of benzene rings is 3. The van der Waals surface area contributed by atoms with Crippen molar-refractivity contribution in [1.82, 2.24) is 0 Å². The van der Waals surface area contributed by atoms with Gasteiger partial charge in [0.05, 0.1) is 0 Å². The van der Waals surface area contributed by atoms with Gasteiger partial charge in [0.2, 0.25) is 0 Å². The second kappa shape index (κ2) is 16.7. The topological polar surface area (TPSA) is 0 Å². The summed E-state index contributed by atoms with van der Waals surface area (Å²) >= 11 is 1.30. The Morgan fingerprint density at radius 1 is 0.780 bits per heavy atom. The van der Waals surface area contributed by atoms with Gasteiger partial charge >= 0.3 is 28.4 Å². The number of hydrogen-bond donors (Lipinski definition) is 0. The summed E-state index contributed by atoms with van der Waals surface area (Å²) in [5.41, 5.74) is 13.8. The second-order valence-electron chi connectivity index (χ2n) is 17.6. The zero-order valence-corrected chi connectivity index (χ0v) is 35.8. The molecule has 0 aliphatic heterocycles. The number of hydrogen-bond acceptors (Lipinski definition) is 0. The van der Waals surface area contributed by atoms with Crippen molar-refractivity contribution in [3.05, 3.63) is 125 Å². The quantitative estimate of drug-likeness (QED) is 0.170. The molecule has 3 aromatic carbocycles. The van der Waals surface area contributed by atoms with Gasteiger partial charge in [-0.2, -0.15) is 72.7 Å². The Hall–Kier alpha value is -2.11. The molecule has 4 saturated carbocycles. The first-order valence-electron chi connectivity index (χ1n) is 19.1. The van der Waals surface area contributed by atoms with Crippen LogP contribution in [0.25, 0.3) is 11.1 Å². The monoisotopic (exact) mass is 742 g/mol. The van der Waals surface area contributed by atoms with Crippen molar-refractivity contribution < 1.29 is 24.2 Å². The third-order valence-corrected chi connectivity index (χ3v) is 12.1. The first-order valence-corrected chi connectivity index (χ1v) is 20.9. The van der Waals surface area contributed by atoms with E-state index in [1.54, 1.807) is 18.9 Å². The first kappa shape index (κ1) is 40.7. The fraction of sp³-hybridized carbons (Fsp3) is 0.510. The number of allylic oxidation sites excluding steroid dienone is 4. The minimum atomic E-state index is 0.163. The van der Waals surface area contributed by atoms with E-state index in [-0.39, 0.29) is 10.8 Å². The largest absolute Gasteiger partial charge is 0.184 e. The molecule has 0 heterocycles. The van der Waals surface area contributed by atoms with E-state index in [0.717, 1.165) is 30.1 Å². The van der Waals surface area contributed by atoms with Crippen LogP contribution in [0.1, 0.15) is 128 Å². The second-order valence-corrected chi connectivity index (χ2v) is 17.6. The molecule has 9 rings (SSSR count). The predicted octanol–water partition coefficient (Wildman–Crippen LogP) is 12.9. The van der Waals surface area contributed by atoms with Crippen molar-refractivity contribution in [3.8, 4) is 11.1 Å². The van der Waals surface area contributed by atoms with Crippen molar-refractivity contribution >= 4 is 4.21 Å². The molecule has 1 atom stereocenters. The molecule has 0 amide bonds. The maximum atomic E-state index is 3.69. The van der Waals surface area contributed by atoms with Gasteiger partial charge in [-0.05, 0) is 91.2 Å². The minimum Gasteiger partial charge on any atom is -0.184 e. The van der Waals surface area contributed by atoms with Crippen LogP contribution in [-0.2, 0) is 41.5 Å². The van der Waals surface area contributed by atoms with Gasteiger partial charge in [-0.1, -0.05) is 96.8 Å². The molecule has 0 radical (unpaired) electrons. The molecule has 268 valence electrons. The number of fused-ring (bicyclic) bond motifs is 3. The van der Waals surface area contributed by atoms with Crippen LogP contribution in [-0.4, -0.2) is 4.21 Å². The fourth-order valence-corrected chi connectivity index (χ4v) is 9.92. The molecule has 6 aliphatic carbocycles. The van der Waals surface area contributed by atoms with Crippen LogP contribution in [0, 0.1) is 74.0 Å². The van der Waals surface area contributed by atoms with Crippen molar-refractivity contribution in [2.24, 2.45) is 35.0 Å². The van der Waals surface area contributed by atoms with E-state index < -0.39 is 0 Å². The van der Waals surface area contributed by atoms with Gasteiger partial charge < -0.3 is 6.92 Å². The molecule has 0 spiro atoms. The maximum Gasteiger partial charge on any atom is -0.171 e. The van der Waals surface area contributed by atoms with E-state index >= 15 is 0 Å². The Morgan fingerprint density at radius 2 is 1.32 bits per heavy atom. The summed E-state index contributed by atoms with van der Waals surface area (Å²) in [7, 11) is 0. The van der Waals surface area contributed by atoms with Gasteiger partial charge in [0.15, 0.2) is 0 Å². The van der Waals surface area contributed by atoms with E-state index in [4.69, 9.17) is 0 Å². The Balaban J connectivity index is 0.000000181. The van der Waals surface area contributed by atoms with Gasteiger partial charge in [-0.3, -0.25) is 6.08 Å². The summed E-state index contributed by atoms with van der Waals surface area (Å²) in [6, 6.07) is 23.4. The zero-order chi connectivity index (χ0) is 37.0. The van der Waals surface area contributed by atoms with Crippen LogP contribution >= 0.6 is 0 Å². The maximum absolute atomic E-state index is 3.69. The van der Waals surface area contributed by atoms with Crippen molar-refractivity contribution in [1.29, 1.82) is 0 Å². The third kappa shape index (κ3) is 8.74. The summed E-state index contributed by atoms with van der Waals surface area (Å²) in [5.74, 6) is 4.68. The van der Waals surface area contributed by atoms with Crippen LogP contribution in [0.3, 0.4) is 0 Å². The SMILES string of the molecule is CC1[C-]=CC(C2(C)C3CC4CC(C3)CC2C4)=C1.Cc1[c-]c2c(cc1C(C)(C)C)-c1cc(C(C)(C)C)c(C)cc1C2.[CH2-]C.[CH2]=[Zr].[c-]1ccccc1. The van der Waals surface area contributed by atoms with Gasteiger partial charge in [0.1, 0.15) is 0 Å². The van der Waals surface area contributed by atoms with Gasteiger partial charge in [-0.15, -0.1) is 16.7 Å². The average Bonchev–Trinajstić information content (AvgIpc) is 3.67. The average molecular weight is 744 g/mol. The van der Waals surface area contributed by atoms with Crippen LogP contribution in [0.2, 0.25) is 0 Å². The van der Waals surface area contributed by atoms with Crippen LogP contribution in [0.15, 0.2) is 66.3 Å². The molecule has 0 saturated heterocycles. The Labute approximate surface area is 323 Å². The Morgan fingerprint density at radius 3 is 1.76 bits per heavy atom. The van der Waals surface area contributed by atoms with Crippen molar-refractivity contribution in [2.75, 3.05) is 0 Å². The van der Waals surface area contributed by atoms with E-state index in [1.165, 1.54) is 94.4 Å². The van der Waals surface area contributed by atoms with Crippen molar-refractivity contribution in [3.63, 3.8) is 0 Å². The zero-order valence-electron chi connectivity index (χ0n) is 33.3. The molecule has 1 heteroatoms. The summed E-state index contributed by atoms with van der Waals surface area (Å²) in [6.07, 6.45) is 17.0. The molecule has 4 fully saturated rings. The molecule has 50 heavy (non-hydrogen) atoms. The predicted molar refractivity (Wildman–Crippen MR) is 214 cm³/mol. The molecule has 6 aliphatic rings. The standard InChI is InChI=1S/C23H29.C17H23.C6H5.C2H5.CH2.Zr/c1-14-9-16-11-17-10-15(2)21(23(6,7)8)13-19(17)18(16)12-20(14)22(3,4)5;1-11-3-4-14(5-11)17(2)15-7-12-6-13(9-15)10-16(17)8-12;1-2-4-6-5-3-1;1-2;;/h9,12-13H,11H2,1-8H3;4-5,11-13,15-16H,6-10H2,1-2H3;1-5H;1H2,2H3;1H2;/q4*-1;;. The normalized spacial score (nSPS) is 26.4. The molecule has 0 aromatic heterocycles. The molecule has 0 nitrogen and oxygen atoms in total. The molecular weight excluding hydrogens is 680 g/mol. The summed E-state index contributed by atoms with van der Waals surface area (Å²) in [5, 5.41) is 0. The first-order chi connectivity index (χ1) is 23.6. The van der Waals surface area contributed by atoms with Gasteiger partial charge in [0.25, 0.3) is 0 Å². The van der Waals surface area contributed by atoms with E-state index in [2.05, 4.69) is 129 Å². The molecule has 4 bridgehead atoms. The Kier molecular flexibility index (Phi) is 13.6. The third-order valence-electron chi connectivity index (χ3n) is 12.1. The van der Waals surface area contributed by atoms with Gasteiger partial charge in [-0.25, -0.2) is 6.08 Å².